The number of nitrogens with zero attached hydrogens (tertiary/aromatic N) is 1. The van der Waals surface area contributed by atoms with Crippen molar-refractivity contribution in [3.8, 4) is 11.8 Å². The van der Waals surface area contributed by atoms with E-state index in [1.165, 1.54) is 25.8 Å². The number of rotatable bonds is 5. The van der Waals surface area contributed by atoms with Gasteiger partial charge in [0.2, 0.25) is 0 Å². The Hall–Kier alpha value is -1.75. The second-order valence-corrected chi connectivity index (χ2v) is 8.28. The van der Waals surface area contributed by atoms with Crippen LogP contribution in [-0.2, 0) is 14.1 Å². The summed E-state index contributed by atoms with van der Waals surface area (Å²) in [5.74, 6) is 0.933. The molecule has 1 aliphatic rings. The summed E-state index contributed by atoms with van der Waals surface area (Å²) >= 11 is 1.19. The summed E-state index contributed by atoms with van der Waals surface area (Å²) in [7, 11) is 0.953. The van der Waals surface area contributed by atoms with E-state index < -0.39 is 18.3 Å². The lowest BCUT2D eigenvalue weighted by molar-refractivity contribution is -0.109. The van der Waals surface area contributed by atoms with Gasteiger partial charge in [0.1, 0.15) is 17.4 Å². The van der Waals surface area contributed by atoms with Gasteiger partial charge in [-0.3, -0.25) is 4.79 Å². The summed E-state index contributed by atoms with van der Waals surface area (Å²) in [4.78, 5) is 11.5. The number of benzene rings is 1. The van der Waals surface area contributed by atoms with E-state index in [4.69, 9.17) is 14.0 Å². The van der Waals surface area contributed by atoms with Crippen LogP contribution >= 0.6 is 11.8 Å². The molecule has 0 unspecified atom stereocenters. The van der Waals surface area contributed by atoms with Crippen LogP contribution in [0.5, 0.6) is 5.75 Å². The normalized spacial score (nSPS) is 18.5. The highest BCUT2D eigenvalue weighted by molar-refractivity contribution is 8.13. The minimum Gasteiger partial charge on any atom is -0.495 e. The van der Waals surface area contributed by atoms with Crippen molar-refractivity contribution in [2.75, 3.05) is 12.9 Å². The van der Waals surface area contributed by atoms with Crippen molar-refractivity contribution in [3.05, 3.63) is 34.8 Å². The molecule has 0 bridgehead atoms. The number of carbonyl (C=O) groups is 1. The maximum absolute atomic E-state index is 11.5. The molecule has 0 aliphatic carbocycles. The molecule has 0 saturated carbocycles. The van der Waals surface area contributed by atoms with Crippen molar-refractivity contribution in [1.82, 2.24) is 0 Å². The van der Waals surface area contributed by atoms with E-state index in [1.807, 2.05) is 45.9 Å². The molecule has 5 nitrogen and oxygen atoms in total. The minimum atomic E-state index is -0.579. The van der Waals surface area contributed by atoms with Gasteiger partial charge < -0.3 is 14.0 Å². The molecule has 0 N–H and O–H groups in total. The van der Waals surface area contributed by atoms with Crippen LogP contribution < -0.4 is 4.74 Å². The molecule has 1 aliphatic heterocycles. The number of hydrogen-bond acceptors (Lipinski definition) is 6. The highest BCUT2D eigenvalue weighted by atomic mass is 32.2. The lowest BCUT2D eigenvalue weighted by Crippen LogP contribution is -2.41. The maximum Gasteiger partial charge on any atom is 0.491 e. The summed E-state index contributed by atoms with van der Waals surface area (Å²) in [6.45, 7) is 9.45. The quantitative estimate of drug-likeness (QED) is 0.730. The Bertz CT molecular complexity index is 751. The molecule has 0 aromatic heterocycles. The fraction of sp³-hybridized carbons (Fsp3) is 0.474. The van der Waals surface area contributed by atoms with Crippen LogP contribution in [0.2, 0.25) is 0 Å². The van der Waals surface area contributed by atoms with Crippen molar-refractivity contribution >= 4 is 30.1 Å². The standard InChI is InChI=1S/C19H24BNO4S/c1-13(22)26-12-15(20-24-18(2,3)19(4,5)25-20)10-14-8-7-9-17(23-6)16(14)11-21/h7-10H,12H2,1-6H3. The highest BCUT2D eigenvalue weighted by Gasteiger charge is 2.52. The third kappa shape index (κ3) is 4.32. The number of thioether (sulfide) groups is 1. The number of ether oxygens (including phenoxy) is 1. The first-order valence-electron chi connectivity index (χ1n) is 8.38. The van der Waals surface area contributed by atoms with Gasteiger partial charge in [-0.15, -0.1) is 0 Å². The van der Waals surface area contributed by atoms with Gasteiger partial charge >= 0.3 is 7.12 Å². The Balaban J connectivity index is 2.45. The molecule has 0 amide bonds. The van der Waals surface area contributed by atoms with Gasteiger partial charge in [0.15, 0.2) is 5.12 Å². The molecule has 1 fully saturated rings. The third-order valence-electron chi connectivity index (χ3n) is 4.73. The number of hydrogen-bond donors (Lipinski definition) is 0. The third-order valence-corrected chi connectivity index (χ3v) is 5.61. The predicted octanol–water partition coefficient (Wildman–Crippen LogP) is 3.86. The molecule has 2 rings (SSSR count). The lowest BCUT2D eigenvalue weighted by atomic mass is 9.78. The van der Waals surface area contributed by atoms with Crippen LogP contribution in [0.25, 0.3) is 6.08 Å². The number of nitriles is 1. The first kappa shape index (κ1) is 20.6. The molecule has 0 spiro atoms. The predicted molar refractivity (Wildman–Crippen MR) is 105 cm³/mol. The van der Waals surface area contributed by atoms with Gasteiger partial charge in [-0.25, -0.2) is 0 Å². The fourth-order valence-corrected chi connectivity index (χ4v) is 3.10. The van der Waals surface area contributed by atoms with E-state index in [1.54, 1.807) is 6.07 Å². The van der Waals surface area contributed by atoms with Gasteiger partial charge in [0, 0.05) is 12.7 Å². The van der Waals surface area contributed by atoms with Crippen LogP contribution in [0.15, 0.2) is 23.7 Å². The van der Waals surface area contributed by atoms with Gasteiger partial charge in [-0.05, 0) is 44.8 Å². The molecule has 1 saturated heterocycles. The SMILES string of the molecule is COc1cccc(C=C(CSC(C)=O)B2OC(C)(C)C(C)(C)O2)c1C#N. The van der Waals surface area contributed by atoms with Crippen LogP contribution in [0.1, 0.15) is 45.7 Å². The smallest absolute Gasteiger partial charge is 0.491 e. The molecule has 0 atom stereocenters. The summed E-state index contributed by atoms with van der Waals surface area (Å²) in [5, 5.41) is 9.52. The molecule has 138 valence electrons. The Morgan fingerprint density at radius 2 is 1.92 bits per heavy atom. The molecular weight excluding hydrogens is 349 g/mol. The second kappa shape index (κ2) is 7.87. The van der Waals surface area contributed by atoms with Crippen molar-refractivity contribution < 1.29 is 18.8 Å². The fourth-order valence-electron chi connectivity index (χ4n) is 2.52. The molecule has 0 radical (unpaired) electrons. The summed E-state index contributed by atoms with van der Waals surface area (Å²) in [5.41, 5.74) is 0.986. The monoisotopic (exact) mass is 373 g/mol. The van der Waals surface area contributed by atoms with Crippen molar-refractivity contribution in [3.63, 3.8) is 0 Å². The summed E-state index contributed by atoms with van der Waals surface area (Å²) in [6, 6.07) is 7.59. The van der Waals surface area contributed by atoms with E-state index >= 15 is 0 Å². The maximum atomic E-state index is 11.5. The lowest BCUT2D eigenvalue weighted by Gasteiger charge is -2.32. The van der Waals surface area contributed by atoms with Crippen molar-refractivity contribution in [1.29, 1.82) is 5.26 Å². The molecule has 7 heteroatoms. The average Bonchev–Trinajstić information content (AvgIpc) is 2.78. The zero-order chi connectivity index (χ0) is 19.5. The van der Waals surface area contributed by atoms with E-state index in [0.717, 1.165) is 5.47 Å². The average molecular weight is 373 g/mol. The van der Waals surface area contributed by atoms with E-state index in [2.05, 4.69) is 6.07 Å². The Morgan fingerprint density at radius 1 is 1.31 bits per heavy atom. The zero-order valence-corrected chi connectivity index (χ0v) is 16.9. The largest absolute Gasteiger partial charge is 0.495 e. The van der Waals surface area contributed by atoms with Gasteiger partial charge in [-0.1, -0.05) is 30.0 Å². The van der Waals surface area contributed by atoms with E-state index in [9.17, 15) is 10.1 Å². The first-order chi connectivity index (χ1) is 12.1. The van der Waals surface area contributed by atoms with Crippen molar-refractivity contribution in [2.24, 2.45) is 0 Å². The van der Waals surface area contributed by atoms with Gasteiger partial charge in [0.25, 0.3) is 0 Å². The molecular formula is C19H24BNO4S. The molecule has 1 aromatic rings. The Morgan fingerprint density at radius 3 is 2.42 bits per heavy atom. The van der Waals surface area contributed by atoms with Gasteiger partial charge in [-0.2, -0.15) is 5.26 Å². The Kier molecular flexibility index (Phi) is 6.23. The second-order valence-electron chi connectivity index (χ2n) is 7.12. The highest BCUT2D eigenvalue weighted by Crippen LogP contribution is 2.39. The van der Waals surface area contributed by atoms with E-state index in [-0.39, 0.29) is 5.12 Å². The molecule has 1 aromatic carbocycles. The summed E-state index contributed by atoms with van der Waals surface area (Å²) in [6.07, 6.45) is 1.86. The number of methoxy groups -OCH3 is 1. The molecule has 26 heavy (non-hydrogen) atoms. The minimum absolute atomic E-state index is 0.0126. The van der Waals surface area contributed by atoms with Crippen LogP contribution in [0.4, 0.5) is 0 Å². The molecule has 1 heterocycles. The van der Waals surface area contributed by atoms with E-state index in [0.29, 0.717) is 22.6 Å². The van der Waals surface area contributed by atoms with Crippen LogP contribution in [0, 0.1) is 11.3 Å². The van der Waals surface area contributed by atoms with Gasteiger partial charge in [0.05, 0.1) is 18.3 Å². The summed E-state index contributed by atoms with van der Waals surface area (Å²) < 4.78 is 17.5. The van der Waals surface area contributed by atoms with Crippen molar-refractivity contribution in [2.45, 2.75) is 45.8 Å². The van der Waals surface area contributed by atoms with Crippen LogP contribution in [-0.4, -0.2) is 36.3 Å². The number of carbonyl (C=O) groups excluding carboxylic acids is 1. The topological polar surface area (TPSA) is 68.6 Å². The Labute approximate surface area is 159 Å². The van der Waals surface area contributed by atoms with Crippen LogP contribution in [0.3, 0.4) is 0 Å². The zero-order valence-electron chi connectivity index (χ0n) is 16.1. The first-order valence-corrected chi connectivity index (χ1v) is 9.36.